The molecule has 2 N–H and O–H groups in total. The Morgan fingerprint density at radius 3 is 2.28 bits per heavy atom. The summed E-state index contributed by atoms with van der Waals surface area (Å²) in [6, 6.07) is 12.2. The first-order valence-electron chi connectivity index (χ1n) is 11.5. The zero-order chi connectivity index (χ0) is 25.7. The van der Waals surface area contributed by atoms with Gasteiger partial charge in [-0.05, 0) is 69.3 Å². The van der Waals surface area contributed by atoms with Gasteiger partial charge in [0.1, 0.15) is 18.5 Å². The Balaban J connectivity index is 0.00000456. The van der Waals surface area contributed by atoms with E-state index in [1.807, 2.05) is 38.2 Å². The highest BCUT2D eigenvalue weighted by atomic mass is 35.5. The van der Waals surface area contributed by atoms with Crippen LogP contribution in [0.15, 0.2) is 46.6 Å². The molecule has 36 heavy (non-hydrogen) atoms. The van der Waals surface area contributed by atoms with Gasteiger partial charge in [-0.3, -0.25) is 4.79 Å². The molecule has 1 amide bonds. The summed E-state index contributed by atoms with van der Waals surface area (Å²) in [7, 11) is 3.44. The lowest BCUT2D eigenvalue weighted by Gasteiger charge is -2.28. The molecule has 11 heteroatoms. The number of ether oxygens (including phenoxy) is 1. The summed E-state index contributed by atoms with van der Waals surface area (Å²) in [6.45, 7) is 12.1. The highest BCUT2D eigenvalue weighted by Crippen LogP contribution is 2.39. The van der Waals surface area contributed by atoms with Crippen molar-refractivity contribution in [1.82, 2.24) is 5.10 Å². The van der Waals surface area contributed by atoms with Crippen molar-refractivity contribution in [3.8, 4) is 5.75 Å². The fraction of sp³-hybridized carbons (Fsp3) is 0.400. The van der Waals surface area contributed by atoms with Crippen molar-refractivity contribution in [3.63, 3.8) is 0 Å². The summed E-state index contributed by atoms with van der Waals surface area (Å²) in [5.41, 5.74) is 3.78. The van der Waals surface area contributed by atoms with Crippen LogP contribution in [-0.2, 0) is 11.8 Å². The van der Waals surface area contributed by atoms with Gasteiger partial charge in [0.2, 0.25) is 11.0 Å². The number of nitrogens with one attached hydrogen (secondary N) is 2. The first-order chi connectivity index (χ1) is 16.6. The van der Waals surface area contributed by atoms with E-state index in [-0.39, 0.29) is 18.3 Å². The predicted octanol–water partition coefficient (Wildman–Crippen LogP) is 3.03. The van der Waals surface area contributed by atoms with E-state index in [0.29, 0.717) is 40.0 Å². The largest absolute Gasteiger partial charge is 1.00 e. The molecule has 2 aromatic carbocycles. The fourth-order valence-electron chi connectivity index (χ4n) is 3.66. The van der Waals surface area contributed by atoms with Crippen LogP contribution in [0.3, 0.4) is 0 Å². The molecule has 194 valence electrons. The van der Waals surface area contributed by atoms with E-state index < -0.39 is 0 Å². The number of benzene rings is 2. The van der Waals surface area contributed by atoms with Crippen LogP contribution < -0.4 is 37.4 Å². The van der Waals surface area contributed by atoms with Gasteiger partial charge >= 0.3 is 5.13 Å². The molecule has 0 aliphatic heterocycles. The zero-order valence-corrected chi connectivity index (χ0v) is 23.5. The second-order valence-corrected chi connectivity index (χ2v) is 9.76. The number of methoxy groups -OCH3 is 1. The van der Waals surface area contributed by atoms with E-state index >= 15 is 0 Å². The molecule has 0 saturated heterocycles. The van der Waals surface area contributed by atoms with Crippen molar-refractivity contribution < 1.29 is 26.6 Å². The van der Waals surface area contributed by atoms with Crippen LogP contribution in [0, 0.1) is 6.92 Å². The molecular weight excluding hydrogens is 498 g/mol. The molecule has 0 bridgehead atoms. The SMILES string of the molecule is COc1cc(N=Nc2sc(N(C(C)C)C(C)C)n[n+]2C)c(NC(C)=O)cc1Nc1ccc(C)cc1.[Cl-]. The third-order valence-corrected chi connectivity index (χ3v) is 6.23. The summed E-state index contributed by atoms with van der Waals surface area (Å²) >= 11 is 1.47. The summed E-state index contributed by atoms with van der Waals surface area (Å²) in [5.74, 6) is 0.372. The summed E-state index contributed by atoms with van der Waals surface area (Å²) in [5, 5.41) is 21.3. The second-order valence-electron chi connectivity index (χ2n) is 8.83. The number of carbonyl (C=O) groups excluding carboxylic acids is 1. The molecule has 0 atom stereocenters. The summed E-state index contributed by atoms with van der Waals surface area (Å²) in [4.78, 5) is 14.1. The van der Waals surface area contributed by atoms with Crippen LogP contribution in [0.25, 0.3) is 0 Å². The number of hydrogen-bond acceptors (Lipinski definition) is 8. The monoisotopic (exact) mass is 531 g/mol. The molecule has 1 heterocycles. The molecule has 0 spiro atoms. The number of anilines is 4. The lowest BCUT2D eigenvalue weighted by Crippen LogP contribution is -3.00. The van der Waals surface area contributed by atoms with Crippen LogP contribution in [0.4, 0.5) is 33.0 Å². The molecule has 0 aliphatic rings. The second kappa shape index (κ2) is 12.6. The molecule has 0 unspecified atom stereocenters. The lowest BCUT2D eigenvalue weighted by molar-refractivity contribution is -0.712. The number of azo groups is 1. The van der Waals surface area contributed by atoms with E-state index in [0.717, 1.165) is 10.8 Å². The number of nitrogens with zero attached hydrogens (tertiary/aromatic N) is 5. The first kappa shape index (κ1) is 29.0. The average Bonchev–Trinajstić information content (AvgIpc) is 3.13. The predicted molar refractivity (Wildman–Crippen MR) is 142 cm³/mol. The summed E-state index contributed by atoms with van der Waals surface area (Å²) in [6.07, 6.45) is 0. The minimum atomic E-state index is -0.206. The maximum atomic E-state index is 11.9. The van der Waals surface area contributed by atoms with Gasteiger partial charge in [0.05, 0.1) is 23.6 Å². The highest BCUT2D eigenvalue weighted by Gasteiger charge is 2.24. The van der Waals surface area contributed by atoms with Crippen molar-refractivity contribution in [2.24, 2.45) is 17.3 Å². The number of halogens is 1. The number of aryl methyl sites for hydroxylation is 2. The van der Waals surface area contributed by atoms with Crippen LogP contribution in [-0.4, -0.2) is 30.2 Å². The molecule has 0 saturated carbocycles. The molecule has 3 rings (SSSR count). The molecular formula is C25H34ClN7O2S. The Bertz CT molecular complexity index is 1200. The third-order valence-electron chi connectivity index (χ3n) is 5.23. The topological polar surface area (TPSA) is 95.1 Å². The smallest absolute Gasteiger partial charge is 0.431 e. The van der Waals surface area contributed by atoms with E-state index in [4.69, 9.17) is 4.74 Å². The number of rotatable bonds is 9. The average molecular weight is 532 g/mol. The number of aromatic nitrogens is 2. The fourth-order valence-corrected chi connectivity index (χ4v) is 4.77. The Morgan fingerprint density at radius 1 is 1.08 bits per heavy atom. The van der Waals surface area contributed by atoms with Crippen LogP contribution in [0.1, 0.15) is 40.2 Å². The number of carbonyl (C=O) groups is 1. The highest BCUT2D eigenvalue weighted by molar-refractivity contribution is 7.18. The third kappa shape index (κ3) is 7.14. The Kier molecular flexibility index (Phi) is 10.2. The van der Waals surface area contributed by atoms with Crippen molar-refractivity contribution >= 4 is 50.3 Å². The van der Waals surface area contributed by atoms with Crippen molar-refractivity contribution in [2.45, 2.75) is 53.6 Å². The molecule has 0 fully saturated rings. The van der Waals surface area contributed by atoms with Crippen LogP contribution >= 0.6 is 11.3 Å². The van der Waals surface area contributed by atoms with Gasteiger partial charge in [-0.2, -0.15) is 0 Å². The number of amides is 1. The molecule has 9 nitrogen and oxygen atoms in total. The normalized spacial score (nSPS) is 11.1. The lowest BCUT2D eigenvalue weighted by atomic mass is 10.2. The van der Waals surface area contributed by atoms with Crippen LogP contribution in [0.5, 0.6) is 5.75 Å². The Morgan fingerprint density at radius 2 is 1.72 bits per heavy atom. The Labute approximate surface area is 223 Å². The van der Waals surface area contributed by atoms with E-state index in [9.17, 15) is 4.79 Å². The minimum Gasteiger partial charge on any atom is -1.00 e. The van der Waals surface area contributed by atoms with Gasteiger partial charge in [-0.15, -0.1) is 4.68 Å². The van der Waals surface area contributed by atoms with Gasteiger partial charge in [-0.25, -0.2) is 0 Å². The molecule has 3 aromatic rings. The molecule has 0 aliphatic carbocycles. The van der Waals surface area contributed by atoms with Crippen molar-refractivity contribution in [3.05, 3.63) is 42.0 Å². The van der Waals surface area contributed by atoms with Gasteiger partial charge < -0.3 is 32.7 Å². The molecule has 1 aromatic heterocycles. The van der Waals surface area contributed by atoms with Crippen LogP contribution in [0.2, 0.25) is 0 Å². The molecule has 0 radical (unpaired) electrons. The van der Waals surface area contributed by atoms with Gasteiger partial charge in [0.15, 0.2) is 0 Å². The van der Waals surface area contributed by atoms with E-state index in [1.165, 1.54) is 23.8 Å². The zero-order valence-electron chi connectivity index (χ0n) is 22.0. The minimum absolute atomic E-state index is 0. The summed E-state index contributed by atoms with van der Waals surface area (Å²) < 4.78 is 7.32. The van der Waals surface area contributed by atoms with E-state index in [2.05, 4.69) is 58.6 Å². The van der Waals surface area contributed by atoms with E-state index in [1.54, 1.807) is 23.9 Å². The maximum absolute atomic E-state index is 11.9. The van der Waals surface area contributed by atoms with Crippen molar-refractivity contribution in [1.29, 1.82) is 0 Å². The van der Waals surface area contributed by atoms with Gasteiger partial charge in [0, 0.05) is 30.8 Å². The van der Waals surface area contributed by atoms with Gasteiger partial charge in [-0.1, -0.05) is 22.8 Å². The Hall–Kier alpha value is -3.24. The maximum Gasteiger partial charge on any atom is 0.431 e. The van der Waals surface area contributed by atoms with Gasteiger partial charge in [0.25, 0.3) is 0 Å². The quantitative estimate of drug-likeness (QED) is 0.327. The number of hydrogen-bond donors (Lipinski definition) is 2. The van der Waals surface area contributed by atoms with Crippen molar-refractivity contribution in [2.75, 3.05) is 22.6 Å². The first-order valence-corrected chi connectivity index (χ1v) is 12.3. The standard InChI is InChI=1S/C25H33N7O2S.ClH/c1-15(2)32(16(3)4)25-30-31(7)24(35-25)29-28-21-14-23(34-8)22(13-20(21)26-18(6)33)27-19-11-9-17(5)10-12-19;/h9-16H,1-8H3,(H,26,27,33);1H.